The molecule has 0 saturated carbocycles. The SMILES string of the molecule is Cc1csc2c(N3CCN[C@@H](C(=O)N4CCCC4)C3)ncnc12. The van der Waals surface area contributed by atoms with E-state index in [0.29, 0.717) is 6.54 Å². The van der Waals surface area contributed by atoms with Gasteiger partial charge in [0.15, 0.2) is 0 Å². The van der Waals surface area contributed by atoms with Gasteiger partial charge in [-0.2, -0.15) is 0 Å². The molecule has 1 N–H and O–H groups in total. The summed E-state index contributed by atoms with van der Waals surface area (Å²) in [5, 5.41) is 5.50. The van der Waals surface area contributed by atoms with E-state index in [1.807, 2.05) is 4.90 Å². The largest absolute Gasteiger partial charge is 0.352 e. The first-order valence-electron chi connectivity index (χ1n) is 8.20. The summed E-state index contributed by atoms with van der Waals surface area (Å²) >= 11 is 1.69. The van der Waals surface area contributed by atoms with Crippen LogP contribution < -0.4 is 10.2 Å². The molecule has 1 amide bonds. The van der Waals surface area contributed by atoms with Gasteiger partial charge < -0.3 is 15.1 Å². The van der Waals surface area contributed by atoms with Crippen molar-refractivity contribution in [3.05, 3.63) is 17.3 Å². The molecular formula is C16H21N5OS. The third kappa shape index (κ3) is 2.68. The van der Waals surface area contributed by atoms with E-state index in [4.69, 9.17) is 0 Å². The molecular weight excluding hydrogens is 310 g/mol. The van der Waals surface area contributed by atoms with E-state index >= 15 is 0 Å². The maximum atomic E-state index is 12.7. The number of nitrogens with zero attached hydrogens (tertiary/aromatic N) is 4. The third-order valence-corrected chi connectivity index (χ3v) is 5.79. The van der Waals surface area contributed by atoms with Crippen LogP contribution in [0.4, 0.5) is 5.82 Å². The Labute approximate surface area is 139 Å². The molecule has 2 aliphatic heterocycles. The summed E-state index contributed by atoms with van der Waals surface area (Å²) in [7, 11) is 0. The number of rotatable bonds is 2. The smallest absolute Gasteiger partial charge is 0.241 e. The van der Waals surface area contributed by atoms with Crippen molar-refractivity contribution < 1.29 is 4.79 Å². The summed E-state index contributed by atoms with van der Waals surface area (Å²) in [6.07, 6.45) is 3.89. The summed E-state index contributed by atoms with van der Waals surface area (Å²) in [6, 6.07) is -0.132. The average Bonchev–Trinajstić information content (AvgIpc) is 3.25. The highest BCUT2D eigenvalue weighted by Gasteiger charge is 2.31. The van der Waals surface area contributed by atoms with Gasteiger partial charge in [0.25, 0.3) is 0 Å². The van der Waals surface area contributed by atoms with Gasteiger partial charge in [-0.15, -0.1) is 11.3 Å². The lowest BCUT2D eigenvalue weighted by Gasteiger charge is -2.35. The fourth-order valence-electron chi connectivity index (χ4n) is 3.45. The molecule has 0 unspecified atom stereocenters. The maximum Gasteiger partial charge on any atom is 0.241 e. The lowest BCUT2D eigenvalue weighted by Crippen LogP contribution is -2.57. The van der Waals surface area contributed by atoms with E-state index in [1.165, 1.54) is 5.56 Å². The van der Waals surface area contributed by atoms with E-state index in [-0.39, 0.29) is 11.9 Å². The first kappa shape index (κ1) is 14.8. The Hall–Kier alpha value is -1.73. The molecule has 4 rings (SSSR count). The van der Waals surface area contributed by atoms with Crippen LogP contribution >= 0.6 is 11.3 Å². The molecule has 0 radical (unpaired) electrons. The molecule has 2 fully saturated rings. The van der Waals surface area contributed by atoms with E-state index in [9.17, 15) is 4.79 Å². The standard InChI is InChI=1S/C16H21N5OS/c1-11-9-23-14-13(11)18-10-19-15(14)21-7-4-17-12(8-21)16(22)20-5-2-3-6-20/h9-10,12,17H,2-8H2,1H3/t12-/m1/s1. The van der Waals surface area contributed by atoms with Gasteiger partial charge in [-0.1, -0.05) is 0 Å². The van der Waals surface area contributed by atoms with Crippen LogP contribution in [0.3, 0.4) is 0 Å². The number of hydrogen-bond donors (Lipinski definition) is 1. The molecule has 23 heavy (non-hydrogen) atoms. The molecule has 4 heterocycles. The molecule has 0 bridgehead atoms. The van der Waals surface area contributed by atoms with Gasteiger partial charge in [-0.3, -0.25) is 4.79 Å². The number of carbonyl (C=O) groups excluding carboxylic acids is 1. The summed E-state index contributed by atoms with van der Waals surface area (Å²) in [4.78, 5) is 25.8. The zero-order valence-electron chi connectivity index (χ0n) is 13.3. The third-order valence-electron chi connectivity index (χ3n) is 4.70. The zero-order valence-corrected chi connectivity index (χ0v) is 14.1. The van der Waals surface area contributed by atoms with Gasteiger partial charge in [0, 0.05) is 32.7 Å². The first-order chi connectivity index (χ1) is 11.2. The molecule has 7 heteroatoms. The molecule has 1 atom stereocenters. The Kier molecular flexibility index (Phi) is 3.90. The van der Waals surface area contributed by atoms with Crippen LogP contribution in [0.1, 0.15) is 18.4 Å². The number of anilines is 1. The number of carbonyl (C=O) groups is 1. The van der Waals surface area contributed by atoms with Crippen molar-refractivity contribution in [2.75, 3.05) is 37.6 Å². The van der Waals surface area contributed by atoms with Crippen molar-refractivity contribution in [3.8, 4) is 0 Å². The van der Waals surface area contributed by atoms with Crippen LogP contribution in [0.5, 0.6) is 0 Å². The number of amides is 1. The van der Waals surface area contributed by atoms with Crippen molar-refractivity contribution in [1.82, 2.24) is 20.2 Å². The van der Waals surface area contributed by atoms with Crippen molar-refractivity contribution in [2.24, 2.45) is 0 Å². The van der Waals surface area contributed by atoms with Gasteiger partial charge in [-0.05, 0) is 30.7 Å². The number of aryl methyl sites for hydroxylation is 1. The van der Waals surface area contributed by atoms with Crippen LogP contribution in [0.15, 0.2) is 11.7 Å². The van der Waals surface area contributed by atoms with E-state index < -0.39 is 0 Å². The highest BCUT2D eigenvalue weighted by Crippen LogP contribution is 2.31. The van der Waals surface area contributed by atoms with Crippen LogP contribution in [-0.2, 0) is 4.79 Å². The summed E-state index contributed by atoms with van der Waals surface area (Å²) in [5.74, 6) is 1.20. The van der Waals surface area contributed by atoms with Crippen molar-refractivity contribution in [1.29, 1.82) is 0 Å². The minimum absolute atomic E-state index is 0.132. The minimum atomic E-state index is -0.132. The fourth-order valence-corrected chi connectivity index (χ4v) is 4.47. The molecule has 2 aliphatic rings. The second-order valence-corrected chi connectivity index (χ2v) is 7.16. The Morgan fingerprint density at radius 1 is 1.30 bits per heavy atom. The van der Waals surface area contributed by atoms with Gasteiger partial charge >= 0.3 is 0 Å². The Balaban J connectivity index is 1.57. The Morgan fingerprint density at radius 3 is 2.96 bits per heavy atom. The first-order valence-corrected chi connectivity index (χ1v) is 9.08. The number of piperazine rings is 1. The summed E-state index contributed by atoms with van der Waals surface area (Å²) in [5.41, 5.74) is 2.22. The second-order valence-electron chi connectivity index (χ2n) is 6.28. The number of aromatic nitrogens is 2. The van der Waals surface area contributed by atoms with Gasteiger partial charge in [0.1, 0.15) is 18.2 Å². The lowest BCUT2D eigenvalue weighted by atomic mass is 10.1. The van der Waals surface area contributed by atoms with Crippen LogP contribution in [-0.4, -0.2) is 59.5 Å². The Morgan fingerprint density at radius 2 is 2.13 bits per heavy atom. The van der Waals surface area contributed by atoms with Crippen molar-refractivity contribution in [2.45, 2.75) is 25.8 Å². The topological polar surface area (TPSA) is 61.4 Å². The number of likely N-dealkylation sites (tertiary alicyclic amines) is 1. The number of hydrogen-bond acceptors (Lipinski definition) is 6. The lowest BCUT2D eigenvalue weighted by molar-refractivity contribution is -0.132. The predicted octanol–water partition coefficient (Wildman–Crippen LogP) is 1.40. The zero-order chi connectivity index (χ0) is 15.8. The molecule has 0 spiro atoms. The van der Waals surface area contributed by atoms with E-state index in [2.05, 4.69) is 32.5 Å². The minimum Gasteiger partial charge on any atom is -0.352 e. The normalized spacial score (nSPS) is 22.0. The number of fused-ring (bicyclic) bond motifs is 1. The summed E-state index contributed by atoms with van der Waals surface area (Å²) < 4.78 is 1.12. The number of thiophene rings is 1. The van der Waals surface area contributed by atoms with E-state index in [0.717, 1.165) is 55.1 Å². The molecule has 0 aromatic carbocycles. The second kappa shape index (κ2) is 6.05. The highest BCUT2D eigenvalue weighted by atomic mass is 32.1. The van der Waals surface area contributed by atoms with Gasteiger partial charge in [-0.25, -0.2) is 9.97 Å². The van der Waals surface area contributed by atoms with Crippen molar-refractivity contribution >= 4 is 33.3 Å². The summed E-state index contributed by atoms with van der Waals surface area (Å²) in [6.45, 7) is 6.23. The molecule has 2 aromatic rings. The van der Waals surface area contributed by atoms with Crippen molar-refractivity contribution in [3.63, 3.8) is 0 Å². The Bertz CT molecular complexity index is 724. The molecule has 122 valence electrons. The molecule has 0 aliphatic carbocycles. The van der Waals surface area contributed by atoms with Crippen LogP contribution in [0.2, 0.25) is 0 Å². The fraction of sp³-hybridized carbons (Fsp3) is 0.562. The quantitative estimate of drug-likeness (QED) is 0.901. The van der Waals surface area contributed by atoms with Crippen LogP contribution in [0.25, 0.3) is 10.2 Å². The molecule has 2 aromatic heterocycles. The van der Waals surface area contributed by atoms with E-state index in [1.54, 1.807) is 17.7 Å². The average molecular weight is 331 g/mol. The van der Waals surface area contributed by atoms with Gasteiger partial charge in [0.2, 0.25) is 5.91 Å². The molecule has 6 nitrogen and oxygen atoms in total. The number of nitrogens with one attached hydrogen (secondary N) is 1. The molecule has 2 saturated heterocycles. The van der Waals surface area contributed by atoms with Crippen LogP contribution in [0, 0.1) is 6.92 Å². The maximum absolute atomic E-state index is 12.7. The highest BCUT2D eigenvalue weighted by molar-refractivity contribution is 7.18. The van der Waals surface area contributed by atoms with Gasteiger partial charge in [0.05, 0.1) is 10.2 Å². The monoisotopic (exact) mass is 331 g/mol. The predicted molar refractivity (Wildman–Crippen MR) is 92.0 cm³/mol.